The highest BCUT2D eigenvalue weighted by molar-refractivity contribution is 5.98. The van der Waals surface area contributed by atoms with E-state index in [0.29, 0.717) is 23.3 Å². The number of nitrogens with one attached hydrogen (secondary N) is 2. The maximum Gasteiger partial charge on any atom is 0.269 e. The molecule has 0 amide bonds. The van der Waals surface area contributed by atoms with Gasteiger partial charge in [0.05, 0.1) is 10.6 Å². The number of nitro benzene ring substituents is 1. The summed E-state index contributed by atoms with van der Waals surface area (Å²) in [5.74, 6) is 0.754. The van der Waals surface area contributed by atoms with Crippen molar-refractivity contribution >= 4 is 34.9 Å². The fourth-order valence-corrected chi connectivity index (χ4v) is 3.57. The zero-order valence-corrected chi connectivity index (χ0v) is 18.7. The van der Waals surface area contributed by atoms with Crippen molar-refractivity contribution in [2.45, 2.75) is 32.6 Å². The van der Waals surface area contributed by atoms with Gasteiger partial charge < -0.3 is 10.2 Å². The zero-order chi connectivity index (χ0) is 23.9. The Labute approximate surface area is 196 Å². The van der Waals surface area contributed by atoms with Crippen LogP contribution in [-0.2, 0) is 0 Å². The summed E-state index contributed by atoms with van der Waals surface area (Å²) in [4.78, 5) is 26.1. The van der Waals surface area contributed by atoms with Crippen LogP contribution in [0.4, 0.5) is 33.6 Å². The summed E-state index contributed by atoms with van der Waals surface area (Å²) < 4.78 is 13.2. The maximum atomic E-state index is 13.2. The van der Waals surface area contributed by atoms with Crippen LogP contribution >= 0.6 is 0 Å². The molecule has 0 unspecified atom stereocenters. The molecule has 1 fully saturated rings. The van der Waals surface area contributed by atoms with E-state index in [1.807, 2.05) is 0 Å². The van der Waals surface area contributed by atoms with Gasteiger partial charge in [0.1, 0.15) is 5.82 Å². The van der Waals surface area contributed by atoms with Crippen LogP contribution in [0.25, 0.3) is 0 Å². The molecule has 34 heavy (non-hydrogen) atoms. The smallest absolute Gasteiger partial charge is 0.269 e. The molecule has 0 atom stereocenters. The molecule has 10 nitrogen and oxygen atoms in total. The molecule has 2 heterocycles. The molecule has 1 aliphatic heterocycles. The van der Waals surface area contributed by atoms with Gasteiger partial charge in [0.15, 0.2) is 0 Å². The highest BCUT2D eigenvalue weighted by Crippen LogP contribution is 2.22. The van der Waals surface area contributed by atoms with E-state index in [4.69, 9.17) is 0 Å². The fraction of sp³-hybridized carbons (Fsp3) is 0.304. The number of nitro groups is 1. The predicted octanol–water partition coefficient (Wildman–Crippen LogP) is 4.88. The molecule has 1 saturated heterocycles. The Kier molecular flexibility index (Phi) is 7.21. The summed E-state index contributed by atoms with van der Waals surface area (Å²) in [5.41, 5.74) is 4.89. The lowest BCUT2D eigenvalue weighted by Gasteiger charge is -2.21. The van der Waals surface area contributed by atoms with E-state index >= 15 is 0 Å². The first kappa shape index (κ1) is 23.0. The quantitative estimate of drug-likeness (QED) is 0.288. The van der Waals surface area contributed by atoms with E-state index in [-0.39, 0.29) is 17.5 Å². The Balaban J connectivity index is 1.60. The molecule has 0 saturated carbocycles. The molecule has 2 aromatic carbocycles. The van der Waals surface area contributed by atoms with E-state index < -0.39 is 4.92 Å². The summed E-state index contributed by atoms with van der Waals surface area (Å²) >= 11 is 0. The molecular formula is C23H25FN8O2. The normalized spacial score (nSPS) is 14.4. The second-order valence-corrected chi connectivity index (χ2v) is 7.93. The van der Waals surface area contributed by atoms with Crippen molar-refractivity contribution in [2.24, 2.45) is 5.10 Å². The van der Waals surface area contributed by atoms with E-state index in [0.717, 1.165) is 31.5 Å². The van der Waals surface area contributed by atoms with Crippen molar-refractivity contribution in [3.05, 3.63) is 70.0 Å². The van der Waals surface area contributed by atoms with E-state index in [1.165, 1.54) is 37.1 Å². The summed E-state index contributed by atoms with van der Waals surface area (Å²) in [5, 5.41) is 18.4. The Hall–Kier alpha value is -4.15. The average Bonchev–Trinajstić information content (AvgIpc) is 3.13. The molecular weight excluding hydrogens is 439 g/mol. The van der Waals surface area contributed by atoms with Crippen molar-refractivity contribution in [1.29, 1.82) is 0 Å². The third-order valence-corrected chi connectivity index (χ3v) is 5.43. The number of hydrogen-bond acceptors (Lipinski definition) is 9. The number of hydrogen-bond donors (Lipinski definition) is 2. The van der Waals surface area contributed by atoms with Crippen LogP contribution in [0.1, 0.15) is 38.2 Å². The Bertz CT molecular complexity index is 1160. The third-order valence-electron chi connectivity index (χ3n) is 5.43. The Morgan fingerprint density at radius 1 is 0.971 bits per heavy atom. The van der Waals surface area contributed by atoms with Crippen LogP contribution in [0.2, 0.25) is 0 Å². The number of nitrogens with zero attached hydrogens (tertiary/aromatic N) is 6. The zero-order valence-electron chi connectivity index (χ0n) is 18.7. The second kappa shape index (κ2) is 10.6. The monoisotopic (exact) mass is 464 g/mol. The molecule has 0 spiro atoms. The van der Waals surface area contributed by atoms with Gasteiger partial charge in [-0.2, -0.15) is 20.1 Å². The first-order chi connectivity index (χ1) is 16.5. The first-order valence-electron chi connectivity index (χ1n) is 11.1. The van der Waals surface area contributed by atoms with E-state index in [1.54, 1.807) is 31.2 Å². The van der Waals surface area contributed by atoms with Gasteiger partial charge in [-0.1, -0.05) is 25.0 Å². The molecule has 1 aromatic heterocycles. The van der Waals surface area contributed by atoms with Crippen molar-refractivity contribution in [3.8, 4) is 0 Å². The van der Waals surface area contributed by atoms with Crippen LogP contribution < -0.4 is 15.6 Å². The van der Waals surface area contributed by atoms with Gasteiger partial charge in [-0.05, 0) is 49.6 Å². The van der Waals surface area contributed by atoms with Crippen LogP contribution in [0, 0.1) is 15.9 Å². The second-order valence-electron chi connectivity index (χ2n) is 7.93. The molecule has 0 bridgehead atoms. The Morgan fingerprint density at radius 2 is 1.62 bits per heavy atom. The summed E-state index contributed by atoms with van der Waals surface area (Å²) in [7, 11) is 0. The van der Waals surface area contributed by atoms with E-state index in [9.17, 15) is 14.5 Å². The minimum Gasteiger partial charge on any atom is -0.341 e. The number of aromatic nitrogens is 3. The maximum absolute atomic E-state index is 13.2. The number of non-ortho nitro benzene ring substituents is 1. The summed E-state index contributed by atoms with van der Waals surface area (Å²) in [6, 6.07) is 12.1. The van der Waals surface area contributed by atoms with Gasteiger partial charge >= 0.3 is 0 Å². The van der Waals surface area contributed by atoms with Crippen molar-refractivity contribution in [1.82, 2.24) is 15.0 Å². The number of halogens is 1. The van der Waals surface area contributed by atoms with Gasteiger partial charge in [0.2, 0.25) is 17.8 Å². The summed E-state index contributed by atoms with van der Waals surface area (Å²) in [6.07, 6.45) is 4.45. The van der Waals surface area contributed by atoms with Crippen molar-refractivity contribution in [3.63, 3.8) is 0 Å². The molecule has 4 rings (SSSR count). The number of rotatable bonds is 7. The highest BCUT2D eigenvalue weighted by Gasteiger charge is 2.16. The fourth-order valence-electron chi connectivity index (χ4n) is 3.57. The molecule has 3 aromatic rings. The SMILES string of the molecule is C/C(=N\Nc1nc(Nc2ccc([N+](=O)[O-])cc2)nc(N2CCCCCC2)n1)c1ccc(F)cc1. The number of hydrazone groups is 1. The molecule has 0 radical (unpaired) electrons. The standard InChI is InChI=1S/C23H25FN8O2/c1-16(17-6-8-18(24)9-7-17)29-30-22-26-21(25-19-10-12-20(13-11-19)32(33)34)27-23(28-22)31-14-4-2-3-5-15-31/h6-13H,2-5,14-15H2,1H3,(H2,25,26,27,28,30)/b29-16+. The lowest BCUT2D eigenvalue weighted by molar-refractivity contribution is -0.384. The topological polar surface area (TPSA) is 121 Å². The van der Waals surface area contributed by atoms with Crippen molar-refractivity contribution < 1.29 is 9.31 Å². The minimum atomic E-state index is -0.451. The van der Waals surface area contributed by atoms with Crippen molar-refractivity contribution in [2.75, 3.05) is 28.7 Å². The van der Waals surface area contributed by atoms with Crippen LogP contribution in [0.5, 0.6) is 0 Å². The minimum absolute atomic E-state index is 0.000543. The lowest BCUT2D eigenvalue weighted by Crippen LogP contribution is -2.26. The number of anilines is 4. The number of benzene rings is 2. The molecule has 11 heteroatoms. The van der Waals surface area contributed by atoms with E-state index in [2.05, 4.69) is 35.7 Å². The van der Waals surface area contributed by atoms with Gasteiger partial charge in [-0.15, -0.1) is 0 Å². The van der Waals surface area contributed by atoms with Crippen LogP contribution in [-0.4, -0.2) is 38.7 Å². The molecule has 176 valence electrons. The molecule has 2 N–H and O–H groups in total. The first-order valence-corrected chi connectivity index (χ1v) is 11.1. The van der Waals surface area contributed by atoms with Gasteiger partial charge in [0.25, 0.3) is 5.69 Å². The average molecular weight is 465 g/mol. The third kappa shape index (κ3) is 6.00. The molecule has 1 aliphatic rings. The molecule has 0 aliphatic carbocycles. The lowest BCUT2D eigenvalue weighted by atomic mass is 10.1. The van der Waals surface area contributed by atoms with Gasteiger partial charge in [0, 0.05) is 30.9 Å². The van der Waals surface area contributed by atoms with Gasteiger partial charge in [-0.3, -0.25) is 10.1 Å². The highest BCUT2D eigenvalue weighted by atomic mass is 19.1. The van der Waals surface area contributed by atoms with Crippen LogP contribution in [0.15, 0.2) is 53.6 Å². The van der Waals surface area contributed by atoms with Gasteiger partial charge in [-0.25, -0.2) is 9.82 Å². The predicted molar refractivity (Wildman–Crippen MR) is 129 cm³/mol. The Morgan fingerprint density at radius 3 is 2.26 bits per heavy atom. The van der Waals surface area contributed by atoms with Crippen LogP contribution in [0.3, 0.4) is 0 Å². The largest absolute Gasteiger partial charge is 0.341 e. The summed E-state index contributed by atoms with van der Waals surface area (Å²) in [6.45, 7) is 3.49.